The maximum atomic E-state index is 14.0. The minimum absolute atomic E-state index is 0.0463. The standard InChI is InChI=1S/C20H21ClFNO3/c1-25-18-9-8-13(11-19(18)26-2)17-7-4-10-23(17)20(24)12-14-15(21)5-3-6-16(14)22/h3,5-6,8-9,11,17H,4,7,10,12H2,1-2H3. The van der Waals surface area contributed by atoms with Crippen molar-refractivity contribution in [2.24, 2.45) is 0 Å². The van der Waals surface area contributed by atoms with Crippen LogP contribution in [0, 0.1) is 5.82 Å². The Labute approximate surface area is 157 Å². The van der Waals surface area contributed by atoms with E-state index in [1.807, 2.05) is 18.2 Å². The van der Waals surface area contributed by atoms with Crippen molar-refractivity contribution >= 4 is 17.5 Å². The highest BCUT2D eigenvalue weighted by Gasteiger charge is 2.31. The SMILES string of the molecule is COc1ccc(C2CCCN2C(=O)Cc2c(F)cccc2Cl)cc1OC. The molecule has 0 aliphatic carbocycles. The van der Waals surface area contributed by atoms with Crippen LogP contribution in [0.5, 0.6) is 11.5 Å². The molecule has 1 aliphatic heterocycles. The van der Waals surface area contributed by atoms with E-state index >= 15 is 0 Å². The second-order valence-electron chi connectivity index (χ2n) is 6.24. The second-order valence-corrected chi connectivity index (χ2v) is 6.64. The Morgan fingerprint density at radius 1 is 1.23 bits per heavy atom. The van der Waals surface area contributed by atoms with Crippen molar-refractivity contribution < 1.29 is 18.7 Å². The number of halogens is 2. The third-order valence-electron chi connectivity index (χ3n) is 4.76. The first-order chi connectivity index (χ1) is 12.5. The summed E-state index contributed by atoms with van der Waals surface area (Å²) < 4.78 is 24.6. The number of hydrogen-bond donors (Lipinski definition) is 0. The van der Waals surface area contributed by atoms with E-state index in [1.54, 1.807) is 25.2 Å². The van der Waals surface area contributed by atoms with Crippen LogP contribution in [0.3, 0.4) is 0 Å². The van der Waals surface area contributed by atoms with Gasteiger partial charge in [-0.2, -0.15) is 0 Å². The fourth-order valence-corrected chi connectivity index (χ4v) is 3.66. The molecule has 0 N–H and O–H groups in total. The van der Waals surface area contributed by atoms with Gasteiger partial charge in [0.2, 0.25) is 5.91 Å². The quantitative estimate of drug-likeness (QED) is 0.775. The van der Waals surface area contributed by atoms with Crippen LogP contribution >= 0.6 is 11.6 Å². The Bertz CT molecular complexity index is 791. The Morgan fingerprint density at radius 2 is 2.00 bits per heavy atom. The molecule has 0 aromatic heterocycles. The summed E-state index contributed by atoms with van der Waals surface area (Å²) >= 11 is 6.07. The molecular formula is C20H21ClFNO3. The number of rotatable bonds is 5. The van der Waals surface area contributed by atoms with Gasteiger partial charge in [0.15, 0.2) is 11.5 Å². The third kappa shape index (κ3) is 3.63. The zero-order chi connectivity index (χ0) is 18.7. The maximum absolute atomic E-state index is 14.0. The van der Waals surface area contributed by atoms with Gasteiger partial charge in [-0.1, -0.05) is 23.7 Å². The Balaban J connectivity index is 1.83. The maximum Gasteiger partial charge on any atom is 0.227 e. The molecule has 138 valence electrons. The van der Waals surface area contributed by atoms with E-state index in [9.17, 15) is 9.18 Å². The lowest BCUT2D eigenvalue weighted by Crippen LogP contribution is -2.32. The summed E-state index contributed by atoms with van der Waals surface area (Å²) in [7, 11) is 3.17. The van der Waals surface area contributed by atoms with Gasteiger partial charge in [0, 0.05) is 17.1 Å². The first-order valence-electron chi connectivity index (χ1n) is 8.49. The minimum Gasteiger partial charge on any atom is -0.493 e. The van der Waals surface area contributed by atoms with E-state index in [0.717, 1.165) is 18.4 Å². The Hall–Kier alpha value is -2.27. The summed E-state index contributed by atoms with van der Waals surface area (Å²) in [6.07, 6.45) is 1.71. The van der Waals surface area contributed by atoms with Gasteiger partial charge in [-0.15, -0.1) is 0 Å². The van der Waals surface area contributed by atoms with E-state index in [0.29, 0.717) is 18.0 Å². The highest BCUT2D eigenvalue weighted by atomic mass is 35.5. The smallest absolute Gasteiger partial charge is 0.227 e. The number of ether oxygens (including phenoxy) is 2. The van der Waals surface area contributed by atoms with Gasteiger partial charge in [-0.05, 0) is 42.7 Å². The van der Waals surface area contributed by atoms with Crippen molar-refractivity contribution in [3.63, 3.8) is 0 Å². The molecule has 3 rings (SSSR count). The van der Waals surface area contributed by atoms with Crippen molar-refractivity contribution in [2.75, 3.05) is 20.8 Å². The average molecular weight is 378 g/mol. The monoisotopic (exact) mass is 377 g/mol. The van der Waals surface area contributed by atoms with E-state index in [4.69, 9.17) is 21.1 Å². The number of benzene rings is 2. The zero-order valence-corrected chi connectivity index (χ0v) is 15.6. The van der Waals surface area contributed by atoms with E-state index in [2.05, 4.69) is 0 Å². The van der Waals surface area contributed by atoms with Crippen molar-refractivity contribution in [1.82, 2.24) is 4.90 Å². The van der Waals surface area contributed by atoms with Crippen LogP contribution in [0.2, 0.25) is 5.02 Å². The fourth-order valence-electron chi connectivity index (χ4n) is 3.43. The van der Waals surface area contributed by atoms with Crippen LogP contribution in [0.15, 0.2) is 36.4 Å². The van der Waals surface area contributed by atoms with Crippen molar-refractivity contribution in [1.29, 1.82) is 0 Å². The lowest BCUT2D eigenvalue weighted by Gasteiger charge is -2.26. The predicted molar refractivity (Wildman–Crippen MR) is 98.3 cm³/mol. The van der Waals surface area contributed by atoms with Crippen LogP contribution in [-0.2, 0) is 11.2 Å². The van der Waals surface area contributed by atoms with Gasteiger partial charge >= 0.3 is 0 Å². The lowest BCUT2D eigenvalue weighted by atomic mass is 10.0. The number of carbonyl (C=O) groups is 1. The number of carbonyl (C=O) groups excluding carboxylic acids is 1. The van der Waals surface area contributed by atoms with Crippen LogP contribution < -0.4 is 9.47 Å². The number of methoxy groups -OCH3 is 2. The molecule has 1 aliphatic rings. The van der Waals surface area contributed by atoms with Gasteiger partial charge in [-0.25, -0.2) is 4.39 Å². The van der Waals surface area contributed by atoms with Crippen molar-refractivity contribution in [2.45, 2.75) is 25.3 Å². The molecule has 0 bridgehead atoms. The summed E-state index contributed by atoms with van der Waals surface area (Å²) in [6.45, 7) is 0.643. The van der Waals surface area contributed by atoms with Gasteiger partial charge in [0.05, 0.1) is 26.7 Å². The molecule has 0 radical (unpaired) electrons. The fraction of sp³-hybridized carbons (Fsp3) is 0.350. The van der Waals surface area contributed by atoms with Crippen LogP contribution in [-0.4, -0.2) is 31.6 Å². The Kier molecular flexibility index (Phi) is 5.67. The molecule has 2 aromatic rings. The number of amides is 1. The third-order valence-corrected chi connectivity index (χ3v) is 5.11. The first-order valence-corrected chi connectivity index (χ1v) is 8.87. The number of likely N-dealkylation sites (tertiary alicyclic amines) is 1. The molecule has 6 heteroatoms. The van der Waals surface area contributed by atoms with Crippen molar-refractivity contribution in [3.05, 3.63) is 58.4 Å². The summed E-state index contributed by atoms with van der Waals surface area (Å²) in [5.41, 5.74) is 1.23. The molecule has 0 saturated carbocycles. The number of nitrogens with zero attached hydrogens (tertiary/aromatic N) is 1. The molecule has 0 spiro atoms. The molecule has 1 amide bonds. The van der Waals surface area contributed by atoms with E-state index in [1.165, 1.54) is 12.1 Å². The molecule has 1 atom stereocenters. The molecule has 1 unspecified atom stereocenters. The summed E-state index contributed by atoms with van der Waals surface area (Å²) in [5.74, 6) is 0.689. The van der Waals surface area contributed by atoms with Crippen LogP contribution in [0.1, 0.15) is 30.0 Å². The Morgan fingerprint density at radius 3 is 2.69 bits per heavy atom. The predicted octanol–water partition coefficient (Wildman–Crippen LogP) is 4.40. The molecule has 2 aromatic carbocycles. The zero-order valence-electron chi connectivity index (χ0n) is 14.8. The highest BCUT2D eigenvalue weighted by molar-refractivity contribution is 6.31. The van der Waals surface area contributed by atoms with E-state index < -0.39 is 5.82 Å². The molecular weight excluding hydrogens is 357 g/mol. The summed E-state index contributed by atoms with van der Waals surface area (Å²) in [6, 6.07) is 10.1. The van der Waals surface area contributed by atoms with Crippen LogP contribution in [0.4, 0.5) is 4.39 Å². The minimum atomic E-state index is -0.451. The van der Waals surface area contributed by atoms with Gasteiger partial charge < -0.3 is 14.4 Å². The lowest BCUT2D eigenvalue weighted by molar-refractivity contribution is -0.131. The molecule has 4 nitrogen and oxygen atoms in total. The number of hydrogen-bond acceptors (Lipinski definition) is 3. The average Bonchev–Trinajstić information content (AvgIpc) is 3.14. The second kappa shape index (κ2) is 7.96. The molecule has 1 fully saturated rings. The van der Waals surface area contributed by atoms with Gasteiger partial charge in [0.25, 0.3) is 0 Å². The summed E-state index contributed by atoms with van der Waals surface area (Å²) in [4.78, 5) is 14.6. The van der Waals surface area contributed by atoms with Gasteiger partial charge in [0.1, 0.15) is 5.82 Å². The van der Waals surface area contributed by atoms with Crippen LogP contribution in [0.25, 0.3) is 0 Å². The first kappa shape index (κ1) is 18.5. The van der Waals surface area contributed by atoms with E-state index in [-0.39, 0.29) is 29.0 Å². The molecule has 26 heavy (non-hydrogen) atoms. The van der Waals surface area contributed by atoms with Gasteiger partial charge in [-0.3, -0.25) is 4.79 Å². The highest BCUT2D eigenvalue weighted by Crippen LogP contribution is 2.37. The largest absolute Gasteiger partial charge is 0.493 e. The molecule has 1 saturated heterocycles. The normalized spacial score (nSPS) is 16.6. The topological polar surface area (TPSA) is 38.8 Å². The van der Waals surface area contributed by atoms with Crippen molar-refractivity contribution in [3.8, 4) is 11.5 Å². The summed E-state index contributed by atoms with van der Waals surface area (Å²) in [5, 5.41) is 0.278. The molecule has 1 heterocycles.